The van der Waals surface area contributed by atoms with E-state index in [1.54, 1.807) is 19.9 Å². The van der Waals surface area contributed by atoms with Gasteiger partial charge in [-0.2, -0.15) is 15.0 Å². The van der Waals surface area contributed by atoms with Gasteiger partial charge in [0.1, 0.15) is 10.7 Å². The average molecular weight is 321 g/mol. The van der Waals surface area contributed by atoms with Gasteiger partial charge in [0.05, 0.1) is 12.6 Å². The fourth-order valence-corrected chi connectivity index (χ4v) is 2.99. The number of nitrogens with one attached hydrogen (secondary N) is 1. The van der Waals surface area contributed by atoms with E-state index < -0.39 is 0 Å². The standard InChI is InChI=1S/C14H19N5O2S/c1-4-9(18-14-17-8(3)16-13(15)19-14)10-6-7-11(22-10)12(20)21-5-2/h6-7,9H,4-5H2,1-3H3,(H3,15,16,17,18,19). The van der Waals surface area contributed by atoms with Crippen molar-refractivity contribution in [3.05, 3.63) is 27.7 Å². The van der Waals surface area contributed by atoms with Crippen LogP contribution in [0.5, 0.6) is 0 Å². The molecule has 1 atom stereocenters. The summed E-state index contributed by atoms with van der Waals surface area (Å²) in [7, 11) is 0. The zero-order valence-corrected chi connectivity index (χ0v) is 13.6. The topological polar surface area (TPSA) is 103 Å². The number of aryl methyl sites for hydroxylation is 1. The lowest BCUT2D eigenvalue weighted by molar-refractivity contribution is 0.0532. The molecular weight excluding hydrogens is 302 g/mol. The number of ether oxygens (including phenoxy) is 1. The molecule has 0 saturated carbocycles. The van der Waals surface area contributed by atoms with Crippen LogP contribution in [0, 0.1) is 6.92 Å². The highest BCUT2D eigenvalue weighted by Gasteiger charge is 2.17. The normalized spacial score (nSPS) is 12.0. The minimum absolute atomic E-state index is 0.00521. The van der Waals surface area contributed by atoms with Crippen LogP contribution >= 0.6 is 11.3 Å². The van der Waals surface area contributed by atoms with Gasteiger partial charge in [0, 0.05) is 4.88 Å². The third-order valence-electron chi connectivity index (χ3n) is 2.92. The number of nitrogens with zero attached hydrogens (tertiary/aromatic N) is 3. The lowest BCUT2D eigenvalue weighted by atomic mass is 10.2. The number of hydrogen-bond donors (Lipinski definition) is 2. The van der Waals surface area contributed by atoms with Crippen molar-refractivity contribution in [3.63, 3.8) is 0 Å². The Morgan fingerprint density at radius 3 is 2.77 bits per heavy atom. The number of nitrogens with two attached hydrogens (primary N) is 1. The van der Waals surface area contributed by atoms with Crippen molar-refractivity contribution >= 4 is 29.2 Å². The van der Waals surface area contributed by atoms with Crippen LogP contribution in [0.4, 0.5) is 11.9 Å². The smallest absolute Gasteiger partial charge is 0.348 e. The van der Waals surface area contributed by atoms with Crippen LogP contribution in [0.3, 0.4) is 0 Å². The summed E-state index contributed by atoms with van der Waals surface area (Å²) in [5.41, 5.74) is 5.63. The first kappa shape index (κ1) is 16.2. The number of rotatable bonds is 6. The molecule has 2 heterocycles. The van der Waals surface area contributed by atoms with Crippen molar-refractivity contribution in [1.82, 2.24) is 15.0 Å². The summed E-state index contributed by atoms with van der Waals surface area (Å²) >= 11 is 1.40. The maximum atomic E-state index is 11.7. The maximum absolute atomic E-state index is 11.7. The summed E-state index contributed by atoms with van der Waals surface area (Å²) in [6, 6.07) is 3.68. The molecule has 0 amide bonds. The minimum atomic E-state index is -0.297. The largest absolute Gasteiger partial charge is 0.462 e. The van der Waals surface area contributed by atoms with Crippen LogP contribution in [0.2, 0.25) is 0 Å². The van der Waals surface area contributed by atoms with Crippen molar-refractivity contribution in [1.29, 1.82) is 0 Å². The second-order valence-electron chi connectivity index (χ2n) is 4.59. The van der Waals surface area contributed by atoms with Crippen LogP contribution in [0.15, 0.2) is 12.1 Å². The predicted molar refractivity (Wildman–Crippen MR) is 85.9 cm³/mol. The molecule has 0 saturated heterocycles. The van der Waals surface area contributed by atoms with Gasteiger partial charge >= 0.3 is 5.97 Å². The maximum Gasteiger partial charge on any atom is 0.348 e. The number of esters is 1. The van der Waals surface area contributed by atoms with Crippen molar-refractivity contribution in [2.24, 2.45) is 0 Å². The van der Waals surface area contributed by atoms with E-state index in [1.165, 1.54) is 11.3 Å². The summed E-state index contributed by atoms with van der Waals surface area (Å²) in [4.78, 5) is 25.6. The highest BCUT2D eigenvalue weighted by molar-refractivity contribution is 7.14. The third kappa shape index (κ3) is 3.91. The summed E-state index contributed by atoms with van der Waals surface area (Å²) in [5.74, 6) is 0.878. The Kier molecular flexibility index (Phi) is 5.26. The number of anilines is 2. The molecule has 0 aliphatic heterocycles. The van der Waals surface area contributed by atoms with Gasteiger partial charge in [-0.1, -0.05) is 6.92 Å². The molecule has 0 bridgehead atoms. The number of thiophene rings is 1. The Hall–Kier alpha value is -2.22. The van der Waals surface area contributed by atoms with E-state index in [9.17, 15) is 4.79 Å². The third-order valence-corrected chi connectivity index (χ3v) is 4.10. The highest BCUT2D eigenvalue weighted by Crippen LogP contribution is 2.28. The quantitative estimate of drug-likeness (QED) is 0.788. The molecule has 0 fully saturated rings. The summed E-state index contributed by atoms with van der Waals surface area (Å²) < 4.78 is 5.01. The molecule has 7 nitrogen and oxygen atoms in total. The highest BCUT2D eigenvalue weighted by atomic mass is 32.1. The number of carbonyl (C=O) groups is 1. The first-order valence-corrected chi connectivity index (χ1v) is 7.86. The Morgan fingerprint density at radius 2 is 2.14 bits per heavy atom. The van der Waals surface area contributed by atoms with Gasteiger partial charge in [-0.3, -0.25) is 0 Å². The number of carbonyl (C=O) groups excluding carboxylic acids is 1. The predicted octanol–water partition coefficient (Wildman–Crippen LogP) is 2.56. The van der Waals surface area contributed by atoms with Gasteiger partial charge in [-0.15, -0.1) is 11.3 Å². The molecule has 3 N–H and O–H groups in total. The summed E-state index contributed by atoms with van der Waals surface area (Å²) in [6.45, 7) is 5.95. The molecule has 118 valence electrons. The van der Waals surface area contributed by atoms with Crippen LogP contribution in [-0.2, 0) is 4.74 Å². The lowest BCUT2D eigenvalue weighted by Crippen LogP contribution is -2.13. The molecular formula is C14H19N5O2S. The van der Waals surface area contributed by atoms with E-state index in [0.717, 1.165) is 11.3 Å². The molecule has 2 aromatic heterocycles. The van der Waals surface area contributed by atoms with Crippen LogP contribution in [0.1, 0.15) is 46.7 Å². The van der Waals surface area contributed by atoms with Crippen LogP contribution < -0.4 is 11.1 Å². The molecule has 0 aromatic carbocycles. The Bertz CT molecular complexity index is 638. The fourth-order valence-electron chi connectivity index (χ4n) is 1.95. The van der Waals surface area contributed by atoms with E-state index in [1.807, 2.05) is 13.0 Å². The second-order valence-corrected chi connectivity index (χ2v) is 5.71. The molecule has 0 aliphatic rings. The SMILES string of the molecule is CCOC(=O)c1ccc(C(CC)Nc2nc(C)nc(N)n2)s1. The monoisotopic (exact) mass is 321 g/mol. The van der Waals surface area contributed by atoms with Gasteiger partial charge in [0.25, 0.3) is 0 Å². The van der Waals surface area contributed by atoms with Gasteiger partial charge in [0.2, 0.25) is 11.9 Å². The van der Waals surface area contributed by atoms with Crippen molar-refractivity contribution in [2.75, 3.05) is 17.7 Å². The van der Waals surface area contributed by atoms with E-state index in [4.69, 9.17) is 10.5 Å². The first-order chi connectivity index (χ1) is 10.5. The molecule has 8 heteroatoms. The van der Waals surface area contributed by atoms with E-state index in [2.05, 4.69) is 20.3 Å². The fraction of sp³-hybridized carbons (Fsp3) is 0.429. The Labute approximate surface area is 133 Å². The number of nitrogen functional groups attached to an aromatic ring is 1. The van der Waals surface area contributed by atoms with Gasteiger partial charge in [-0.05, 0) is 32.4 Å². The van der Waals surface area contributed by atoms with E-state index >= 15 is 0 Å². The molecule has 0 radical (unpaired) electrons. The van der Waals surface area contributed by atoms with Crippen molar-refractivity contribution < 1.29 is 9.53 Å². The summed E-state index contributed by atoms with van der Waals surface area (Å²) in [5, 5.41) is 3.23. The van der Waals surface area contributed by atoms with Gasteiger partial charge < -0.3 is 15.8 Å². The zero-order valence-electron chi connectivity index (χ0n) is 12.8. The Morgan fingerprint density at radius 1 is 1.36 bits per heavy atom. The molecule has 0 aliphatic carbocycles. The Balaban J connectivity index is 2.16. The zero-order chi connectivity index (χ0) is 16.1. The van der Waals surface area contributed by atoms with E-state index in [-0.39, 0.29) is 18.0 Å². The van der Waals surface area contributed by atoms with Gasteiger partial charge in [0.15, 0.2) is 0 Å². The lowest BCUT2D eigenvalue weighted by Gasteiger charge is -2.15. The van der Waals surface area contributed by atoms with Gasteiger partial charge in [-0.25, -0.2) is 4.79 Å². The number of aromatic nitrogens is 3. The van der Waals surface area contributed by atoms with E-state index in [0.29, 0.717) is 23.3 Å². The molecule has 2 aromatic rings. The number of hydrogen-bond acceptors (Lipinski definition) is 8. The average Bonchev–Trinajstić information content (AvgIpc) is 2.93. The van der Waals surface area contributed by atoms with Crippen LogP contribution in [0.25, 0.3) is 0 Å². The first-order valence-electron chi connectivity index (χ1n) is 7.05. The molecule has 2 rings (SSSR count). The summed E-state index contributed by atoms with van der Waals surface area (Å²) in [6.07, 6.45) is 0.813. The van der Waals surface area contributed by atoms with Crippen LogP contribution in [-0.4, -0.2) is 27.5 Å². The minimum Gasteiger partial charge on any atom is -0.462 e. The molecule has 0 spiro atoms. The van der Waals surface area contributed by atoms with Crippen molar-refractivity contribution in [3.8, 4) is 0 Å². The molecule has 22 heavy (non-hydrogen) atoms. The van der Waals surface area contributed by atoms with Crippen molar-refractivity contribution in [2.45, 2.75) is 33.2 Å². The second kappa shape index (κ2) is 7.17. The molecule has 1 unspecified atom stereocenters.